The third-order valence-electron chi connectivity index (χ3n) is 4.74. The monoisotopic (exact) mass is 415 g/mol. The van der Waals surface area contributed by atoms with Gasteiger partial charge in [-0.05, 0) is 42.8 Å². The van der Waals surface area contributed by atoms with E-state index >= 15 is 0 Å². The number of benzene rings is 1. The fourth-order valence-corrected chi connectivity index (χ4v) is 3.25. The molecule has 7 nitrogen and oxygen atoms in total. The van der Waals surface area contributed by atoms with Crippen LogP contribution in [-0.2, 0) is 4.79 Å². The number of rotatable bonds is 7. The first kappa shape index (κ1) is 21.1. The molecule has 0 unspecified atom stereocenters. The first-order chi connectivity index (χ1) is 14.0. The SMILES string of the molecule is CCCNC(=O)c1ccc(N2CCN(CC(=O)Nc3ccc(Cl)cc3)CC2)nc1. The van der Waals surface area contributed by atoms with E-state index in [0.717, 1.165) is 44.1 Å². The summed E-state index contributed by atoms with van der Waals surface area (Å²) in [6.45, 7) is 6.13. The van der Waals surface area contributed by atoms with Gasteiger partial charge in [0, 0.05) is 49.6 Å². The zero-order valence-corrected chi connectivity index (χ0v) is 17.3. The molecular weight excluding hydrogens is 390 g/mol. The summed E-state index contributed by atoms with van der Waals surface area (Å²) in [5.41, 5.74) is 1.31. The Hall–Kier alpha value is -2.64. The van der Waals surface area contributed by atoms with Gasteiger partial charge in [0.05, 0.1) is 12.1 Å². The second-order valence-corrected chi connectivity index (χ2v) is 7.42. The maximum atomic E-state index is 12.2. The fourth-order valence-electron chi connectivity index (χ4n) is 3.12. The first-order valence-corrected chi connectivity index (χ1v) is 10.2. The van der Waals surface area contributed by atoms with Crippen LogP contribution in [0, 0.1) is 0 Å². The van der Waals surface area contributed by atoms with Crippen LogP contribution in [0.1, 0.15) is 23.7 Å². The van der Waals surface area contributed by atoms with Crippen molar-refractivity contribution in [1.82, 2.24) is 15.2 Å². The molecule has 154 valence electrons. The number of amides is 2. The predicted octanol–water partition coefficient (Wildman–Crippen LogP) is 2.64. The Morgan fingerprint density at radius 2 is 1.79 bits per heavy atom. The number of hydrogen-bond donors (Lipinski definition) is 2. The zero-order valence-electron chi connectivity index (χ0n) is 16.5. The van der Waals surface area contributed by atoms with Gasteiger partial charge in [0.1, 0.15) is 5.82 Å². The number of carbonyl (C=O) groups is 2. The number of carbonyl (C=O) groups excluding carboxylic acids is 2. The molecule has 3 rings (SSSR count). The minimum absolute atomic E-state index is 0.0404. The summed E-state index contributed by atoms with van der Waals surface area (Å²) in [7, 11) is 0. The summed E-state index contributed by atoms with van der Waals surface area (Å²) in [4.78, 5) is 32.9. The molecule has 0 saturated carbocycles. The van der Waals surface area contributed by atoms with Gasteiger partial charge in [-0.2, -0.15) is 0 Å². The molecule has 1 saturated heterocycles. The minimum atomic E-state index is -0.0950. The third kappa shape index (κ3) is 6.17. The lowest BCUT2D eigenvalue weighted by Crippen LogP contribution is -2.48. The average Bonchev–Trinajstić information content (AvgIpc) is 2.74. The maximum absolute atomic E-state index is 12.2. The summed E-state index contributed by atoms with van der Waals surface area (Å²) in [5, 5.41) is 6.38. The van der Waals surface area contributed by atoms with Gasteiger partial charge in [-0.3, -0.25) is 14.5 Å². The van der Waals surface area contributed by atoms with Crippen molar-refractivity contribution >= 4 is 34.9 Å². The largest absolute Gasteiger partial charge is 0.354 e. The van der Waals surface area contributed by atoms with E-state index in [9.17, 15) is 9.59 Å². The smallest absolute Gasteiger partial charge is 0.252 e. The van der Waals surface area contributed by atoms with E-state index in [2.05, 4.69) is 25.4 Å². The second kappa shape index (κ2) is 10.2. The highest BCUT2D eigenvalue weighted by molar-refractivity contribution is 6.30. The van der Waals surface area contributed by atoms with E-state index in [1.54, 1.807) is 36.5 Å². The highest BCUT2D eigenvalue weighted by Gasteiger charge is 2.20. The van der Waals surface area contributed by atoms with Gasteiger partial charge in [0.25, 0.3) is 5.91 Å². The summed E-state index contributed by atoms with van der Waals surface area (Å²) in [5.74, 6) is 0.714. The van der Waals surface area contributed by atoms with E-state index in [-0.39, 0.29) is 11.8 Å². The van der Waals surface area contributed by atoms with Crippen LogP contribution in [0.15, 0.2) is 42.6 Å². The molecule has 1 aromatic carbocycles. The van der Waals surface area contributed by atoms with Crippen molar-refractivity contribution in [2.24, 2.45) is 0 Å². The highest BCUT2D eigenvalue weighted by Crippen LogP contribution is 2.15. The lowest BCUT2D eigenvalue weighted by molar-refractivity contribution is -0.117. The Morgan fingerprint density at radius 3 is 2.41 bits per heavy atom. The Labute approximate surface area is 176 Å². The van der Waals surface area contributed by atoms with E-state index in [0.29, 0.717) is 23.7 Å². The number of nitrogens with zero attached hydrogens (tertiary/aromatic N) is 3. The number of piperazine rings is 1. The van der Waals surface area contributed by atoms with Crippen molar-refractivity contribution in [3.8, 4) is 0 Å². The Morgan fingerprint density at radius 1 is 1.07 bits per heavy atom. The molecule has 0 radical (unpaired) electrons. The van der Waals surface area contributed by atoms with Gasteiger partial charge < -0.3 is 15.5 Å². The number of hydrogen-bond acceptors (Lipinski definition) is 5. The standard InChI is InChI=1S/C21H26ClN5O2/c1-2-9-23-21(29)16-3-8-19(24-14-16)27-12-10-26(11-13-27)15-20(28)25-18-6-4-17(22)5-7-18/h3-8,14H,2,9-13,15H2,1H3,(H,23,29)(H,25,28). The number of pyridine rings is 1. The molecule has 0 bridgehead atoms. The molecule has 0 spiro atoms. The van der Waals surface area contributed by atoms with Crippen molar-refractivity contribution in [3.05, 3.63) is 53.2 Å². The van der Waals surface area contributed by atoms with Crippen molar-refractivity contribution in [1.29, 1.82) is 0 Å². The third-order valence-corrected chi connectivity index (χ3v) is 4.99. The summed E-state index contributed by atoms with van der Waals surface area (Å²) in [6, 6.07) is 10.8. The molecule has 0 atom stereocenters. The first-order valence-electron chi connectivity index (χ1n) is 9.82. The van der Waals surface area contributed by atoms with E-state index in [1.165, 1.54) is 0 Å². The quantitative estimate of drug-likeness (QED) is 0.726. The number of anilines is 2. The molecule has 29 heavy (non-hydrogen) atoms. The molecule has 2 amide bonds. The van der Waals surface area contributed by atoms with Gasteiger partial charge in [-0.1, -0.05) is 18.5 Å². The molecule has 2 heterocycles. The molecular formula is C21H26ClN5O2. The average molecular weight is 416 g/mol. The molecule has 1 aromatic heterocycles. The summed E-state index contributed by atoms with van der Waals surface area (Å²) >= 11 is 5.86. The molecule has 2 aromatic rings. The number of halogens is 1. The van der Waals surface area contributed by atoms with Crippen LogP contribution in [0.4, 0.5) is 11.5 Å². The van der Waals surface area contributed by atoms with Gasteiger partial charge in [-0.15, -0.1) is 0 Å². The predicted molar refractivity (Wildman–Crippen MR) is 116 cm³/mol. The summed E-state index contributed by atoms with van der Waals surface area (Å²) in [6.07, 6.45) is 2.52. The van der Waals surface area contributed by atoms with E-state index in [4.69, 9.17) is 11.6 Å². The van der Waals surface area contributed by atoms with Crippen LogP contribution in [0.5, 0.6) is 0 Å². The van der Waals surface area contributed by atoms with E-state index in [1.807, 2.05) is 13.0 Å². The van der Waals surface area contributed by atoms with Gasteiger partial charge in [-0.25, -0.2) is 4.98 Å². The zero-order chi connectivity index (χ0) is 20.6. The van der Waals surface area contributed by atoms with Crippen LogP contribution < -0.4 is 15.5 Å². The highest BCUT2D eigenvalue weighted by atomic mass is 35.5. The number of nitrogens with one attached hydrogen (secondary N) is 2. The molecule has 1 fully saturated rings. The molecule has 8 heteroatoms. The maximum Gasteiger partial charge on any atom is 0.252 e. The van der Waals surface area contributed by atoms with Gasteiger partial charge >= 0.3 is 0 Å². The normalized spacial score (nSPS) is 14.5. The van der Waals surface area contributed by atoms with Crippen molar-refractivity contribution in [2.75, 3.05) is 49.5 Å². The Balaban J connectivity index is 1.45. The van der Waals surface area contributed by atoms with E-state index < -0.39 is 0 Å². The van der Waals surface area contributed by atoms with Crippen molar-refractivity contribution in [3.63, 3.8) is 0 Å². The van der Waals surface area contributed by atoms with Crippen LogP contribution in [0.3, 0.4) is 0 Å². The molecule has 1 aliphatic rings. The molecule has 1 aliphatic heterocycles. The van der Waals surface area contributed by atoms with Crippen molar-refractivity contribution < 1.29 is 9.59 Å². The Kier molecular flexibility index (Phi) is 7.43. The van der Waals surface area contributed by atoms with Crippen LogP contribution >= 0.6 is 11.6 Å². The van der Waals surface area contributed by atoms with Gasteiger partial charge in [0.2, 0.25) is 5.91 Å². The summed E-state index contributed by atoms with van der Waals surface area (Å²) < 4.78 is 0. The van der Waals surface area contributed by atoms with Crippen LogP contribution in [0.25, 0.3) is 0 Å². The van der Waals surface area contributed by atoms with Crippen LogP contribution in [-0.4, -0.2) is 61.0 Å². The second-order valence-electron chi connectivity index (χ2n) is 6.98. The minimum Gasteiger partial charge on any atom is -0.354 e. The topological polar surface area (TPSA) is 77.6 Å². The number of aromatic nitrogens is 1. The Bertz CT molecular complexity index is 818. The van der Waals surface area contributed by atoms with Crippen LogP contribution in [0.2, 0.25) is 5.02 Å². The lowest BCUT2D eigenvalue weighted by Gasteiger charge is -2.35. The molecule has 0 aliphatic carbocycles. The fraction of sp³-hybridized carbons (Fsp3) is 0.381. The van der Waals surface area contributed by atoms with Crippen molar-refractivity contribution in [2.45, 2.75) is 13.3 Å². The lowest BCUT2D eigenvalue weighted by atomic mass is 10.2. The molecule has 2 N–H and O–H groups in total. The van der Waals surface area contributed by atoms with Gasteiger partial charge in [0.15, 0.2) is 0 Å².